The Hall–Kier alpha value is -1.99. The van der Waals surface area contributed by atoms with Crippen LogP contribution >= 0.6 is 0 Å². The van der Waals surface area contributed by atoms with E-state index in [1.807, 2.05) is 87.5 Å². The van der Waals surface area contributed by atoms with Crippen molar-refractivity contribution in [2.45, 2.75) is 39.8 Å². The molecule has 3 aromatic rings. The van der Waals surface area contributed by atoms with Crippen molar-refractivity contribution in [3.05, 3.63) is 84.4 Å². The fourth-order valence-corrected chi connectivity index (χ4v) is 5.79. The molecule has 0 radical (unpaired) electrons. The van der Waals surface area contributed by atoms with Crippen LogP contribution in [-0.2, 0) is 46.5 Å². The Labute approximate surface area is 209 Å². The van der Waals surface area contributed by atoms with Gasteiger partial charge in [-0.3, -0.25) is 4.79 Å². The normalized spacial score (nSPS) is 11.6. The molecule has 0 heterocycles. The molecule has 0 fully saturated rings. The Morgan fingerprint density at radius 3 is 1.85 bits per heavy atom. The van der Waals surface area contributed by atoms with Crippen LogP contribution in [0.2, 0.25) is 5.54 Å². The van der Waals surface area contributed by atoms with E-state index < -0.39 is 14.3 Å². The number of carbonyl (C=O) groups is 1. The van der Waals surface area contributed by atoms with E-state index in [1.165, 1.54) is 5.56 Å². The van der Waals surface area contributed by atoms with Crippen LogP contribution < -0.4 is 0 Å². The molecule has 3 aromatic carbocycles. The van der Waals surface area contributed by atoms with E-state index in [-0.39, 0.29) is 29.6 Å². The first-order valence-corrected chi connectivity index (χ1v) is 12.9. The van der Waals surface area contributed by atoms with Crippen LogP contribution in [0.25, 0.3) is 11.1 Å². The van der Waals surface area contributed by atoms with Gasteiger partial charge in [0.05, 0.1) is 0 Å². The van der Waals surface area contributed by atoms with Gasteiger partial charge >= 0.3 is 31.8 Å². The average Bonchev–Trinajstić information content (AvgIpc) is 3.55. The summed E-state index contributed by atoms with van der Waals surface area (Å²) in [4.78, 5) is 12.6. The second-order valence-corrected chi connectivity index (χ2v) is 10.0. The Morgan fingerprint density at radius 2 is 1.42 bits per heavy atom. The molecule has 0 aliphatic heterocycles. The van der Waals surface area contributed by atoms with Crippen molar-refractivity contribution in [2.75, 3.05) is 19.8 Å². The topological polar surface area (TPSA) is 54.0 Å². The number of hydrogen-bond donors (Lipinski definition) is 0. The van der Waals surface area contributed by atoms with Crippen molar-refractivity contribution in [3.63, 3.8) is 0 Å². The zero-order valence-electron chi connectivity index (χ0n) is 19.8. The fourth-order valence-electron chi connectivity index (χ4n) is 3.21. The minimum Gasteiger partial charge on any atom is -0.461 e. The molecule has 0 aromatic heterocycles. The Kier molecular flexibility index (Phi) is 13.9. The Balaban J connectivity index is 0.000000799. The number of esters is 1. The summed E-state index contributed by atoms with van der Waals surface area (Å²) in [5.41, 5.74) is 2.66. The molecule has 1 atom stereocenters. The van der Waals surface area contributed by atoms with Gasteiger partial charge in [0.15, 0.2) is 0 Å². The van der Waals surface area contributed by atoms with E-state index in [1.54, 1.807) is 6.92 Å². The van der Waals surface area contributed by atoms with E-state index in [2.05, 4.69) is 12.1 Å². The summed E-state index contributed by atoms with van der Waals surface area (Å²) in [5, 5.41) is 0. The summed E-state index contributed by atoms with van der Waals surface area (Å²) in [6.07, 6.45) is 0. The number of rotatable bonds is 11. The van der Waals surface area contributed by atoms with Crippen molar-refractivity contribution < 1.29 is 39.9 Å². The van der Waals surface area contributed by atoms with Crippen molar-refractivity contribution >= 4 is 14.8 Å². The molecule has 7 heteroatoms. The van der Waals surface area contributed by atoms with Crippen LogP contribution in [0.1, 0.15) is 33.3 Å². The molecule has 0 aliphatic carbocycles. The van der Waals surface area contributed by atoms with E-state index >= 15 is 0 Å². The summed E-state index contributed by atoms with van der Waals surface area (Å²) < 4.78 is 22.9. The van der Waals surface area contributed by atoms with Crippen LogP contribution in [0.4, 0.5) is 0 Å². The molecule has 180 valence electrons. The average molecular weight is 510 g/mol. The van der Waals surface area contributed by atoms with Crippen molar-refractivity contribution in [1.82, 2.24) is 0 Å². The molecule has 0 amide bonds. The van der Waals surface area contributed by atoms with E-state index in [9.17, 15) is 4.79 Å². The standard InChI is InChI=1S/C21H29O5Si.C5H5.Fe/c1-5-24-27(25-6-2,26-7-3)17(4)21(22)23-16-18-12-14-20(15-13-18)19-10-8-9-11-19;1-2-4-5-3-1;/h8-15,17H,5-7,16H2,1-4H3;1-5H;/q2*-1;+2. The zero-order valence-corrected chi connectivity index (χ0v) is 21.9. The van der Waals surface area contributed by atoms with Crippen molar-refractivity contribution in [3.8, 4) is 11.1 Å². The molecule has 1 unspecified atom stereocenters. The molecule has 0 bridgehead atoms. The molecule has 3 rings (SSSR count). The summed E-state index contributed by atoms with van der Waals surface area (Å²) in [6.45, 7) is 8.84. The molecular weight excluding hydrogens is 476 g/mol. The molecule has 33 heavy (non-hydrogen) atoms. The monoisotopic (exact) mass is 510 g/mol. The minimum atomic E-state index is -3.12. The molecule has 0 aliphatic rings. The van der Waals surface area contributed by atoms with Gasteiger partial charge in [0, 0.05) is 19.8 Å². The van der Waals surface area contributed by atoms with Gasteiger partial charge in [-0.05, 0) is 33.3 Å². The second kappa shape index (κ2) is 15.8. The Morgan fingerprint density at radius 1 is 0.909 bits per heavy atom. The van der Waals surface area contributed by atoms with Crippen molar-refractivity contribution in [1.29, 1.82) is 0 Å². The number of hydrogen-bond acceptors (Lipinski definition) is 5. The second-order valence-electron chi connectivity index (χ2n) is 7.06. The van der Waals surface area contributed by atoms with Gasteiger partial charge in [-0.2, -0.15) is 30.3 Å². The third kappa shape index (κ3) is 9.05. The molecular formula is C26H34FeO5Si. The van der Waals surface area contributed by atoms with Gasteiger partial charge in [0.2, 0.25) is 0 Å². The van der Waals surface area contributed by atoms with Gasteiger partial charge in [-0.15, -0.1) is 29.8 Å². The molecule has 0 saturated carbocycles. The van der Waals surface area contributed by atoms with E-state index in [0.29, 0.717) is 19.8 Å². The maximum atomic E-state index is 12.6. The van der Waals surface area contributed by atoms with E-state index in [0.717, 1.165) is 11.1 Å². The van der Waals surface area contributed by atoms with Gasteiger partial charge in [-0.25, -0.2) is 12.1 Å². The third-order valence-corrected chi connectivity index (χ3v) is 8.18. The minimum absolute atomic E-state index is 0. The maximum absolute atomic E-state index is 12.6. The molecule has 0 N–H and O–H groups in total. The quantitative estimate of drug-likeness (QED) is 0.181. The summed E-state index contributed by atoms with van der Waals surface area (Å²) in [6, 6.07) is 26.2. The molecule has 5 nitrogen and oxygen atoms in total. The number of carbonyl (C=O) groups excluding carboxylic acids is 1. The largest absolute Gasteiger partial charge is 2.00 e. The van der Waals surface area contributed by atoms with E-state index in [4.69, 9.17) is 18.0 Å². The maximum Gasteiger partial charge on any atom is 2.00 e. The molecule has 0 saturated heterocycles. The van der Waals surface area contributed by atoms with Crippen LogP contribution in [0.5, 0.6) is 0 Å². The summed E-state index contributed by atoms with van der Waals surface area (Å²) >= 11 is 0. The van der Waals surface area contributed by atoms with Crippen LogP contribution in [0.3, 0.4) is 0 Å². The van der Waals surface area contributed by atoms with Gasteiger partial charge in [-0.1, -0.05) is 17.7 Å². The smallest absolute Gasteiger partial charge is 0.461 e. The first-order chi connectivity index (χ1) is 15.6. The Bertz CT molecular complexity index is 829. The van der Waals surface area contributed by atoms with Crippen LogP contribution in [0.15, 0.2) is 78.9 Å². The first kappa shape index (κ1) is 29.0. The van der Waals surface area contributed by atoms with Crippen molar-refractivity contribution in [2.24, 2.45) is 0 Å². The van der Waals surface area contributed by atoms with Crippen LogP contribution in [-0.4, -0.2) is 34.6 Å². The zero-order chi connectivity index (χ0) is 23.2. The predicted octanol–water partition coefficient (Wildman–Crippen LogP) is 5.96. The SMILES string of the molecule is CCO[Si](OCC)(OCC)C(C)C(=O)OCc1ccc(-[c-]2cccc2)cc1.[Fe+2].c1cc[cH-]c1. The van der Waals surface area contributed by atoms with Gasteiger partial charge in [0.25, 0.3) is 0 Å². The molecule has 0 spiro atoms. The van der Waals surface area contributed by atoms with Gasteiger partial charge < -0.3 is 18.0 Å². The summed E-state index contributed by atoms with van der Waals surface area (Å²) in [5.74, 6) is -0.364. The van der Waals surface area contributed by atoms with Gasteiger partial charge in [0.1, 0.15) is 12.1 Å². The third-order valence-electron chi connectivity index (χ3n) is 4.81. The summed E-state index contributed by atoms with van der Waals surface area (Å²) in [7, 11) is -3.12. The number of ether oxygens (including phenoxy) is 1. The first-order valence-electron chi connectivity index (χ1n) is 11.1. The fraction of sp³-hybridized carbons (Fsp3) is 0.346. The predicted molar refractivity (Wildman–Crippen MR) is 129 cm³/mol. The van der Waals surface area contributed by atoms with Crippen LogP contribution in [0, 0.1) is 0 Å². The number of benzene rings is 1.